The number of nitrogens with one attached hydrogen (secondary N) is 2. The number of fused-ring (bicyclic) bond motifs is 1. The standard InChI is InChI=1S/C20H29N7O2/c1-21-16-15-17(23-12-22-15)25-19(24-16)26-9-2-7-20(11-26)8-10-27(18(20)29)13-3-5-14(28)6-4-13/h12-14,28H,2-11H2,1H3,(H2,21,22,23,24,25)/t13-,14-,20?. The van der Waals surface area contributed by atoms with Crippen molar-refractivity contribution < 1.29 is 9.90 Å². The van der Waals surface area contributed by atoms with E-state index in [9.17, 15) is 9.90 Å². The third-order valence-electron chi connectivity index (χ3n) is 7.02. The molecule has 0 bridgehead atoms. The Balaban J connectivity index is 1.37. The van der Waals surface area contributed by atoms with Crippen LogP contribution in [-0.4, -0.2) is 74.7 Å². The van der Waals surface area contributed by atoms with Gasteiger partial charge in [-0.2, -0.15) is 9.97 Å². The number of nitrogens with zero attached hydrogens (tertiary/aromatic N) is 5. The first-order valence-corrected chi connectivity index (χ1v) is 10.7. The van der Waals surface area contributed by atoms with Gasteiger partial charge in [0.15, 0.2) is 11.5 Å². The number of hydrogen-bond donors (Lipinski definition) is 3. The Bertz CT molecular complexity index is 907. The summed E-state index contributed by atoms with van der Waals surface area (Å²) in [5, 5.41) is 12.9. The van der Waals surface area contributed by atoms with E-state index < -0.39 is 0 Å². The second-order valence-corrected chi connectivity index (χ2v) is 8.74. The van der Waals surface area contributed by atoms with Crippen LogP contribution in [0.3, 0.4) is 0 Å². The number of aromatic amines is 1. The van der Waals surface area contributed by atoms with Crippen LogP contribution in [0.1, 0.15) is 44.9 Å². The van der Waals surface area contributed by atoms with E-state index in [0.717, 1.165) is 63.6 Å². The number of imidazole rings is 1. The molecular formula is C20H29N7O2. The lowest BCUT2D eigenvalue weighted by atomic mass is 9.78. The number of hydrogen-bond acceptors (Lipinski definition) is 7. The average Bonchev–Trinajstić information content (AvgIpc) is 3.34. The number of aliphatic hydroxyl groups is 1. The third-order valence-corrected chi connectivity index (χ3v) is 7.02. The van der Waals surface area contributed by atoms with Crippen molar-refractivity contribution in [3.05, 3.63) is 6.33 Å². The molecule has 3 aliphatic rings. The predicted molar refractivity (Wildman–Crippen MR) is 110 cm³/mol. The number of H-pyrrole nitrogens is 1. The quantitative estimate of drug-likeness (QED) is 0.718. The molecule has 2 aliphatic heterocycles. The van der Waals surface area contributed by atoms with Gasteiger partial charge in [-0.3, -0.25) is 4.79 Å². The Morgan fingerprint density at radius 1 is 1.21 bits per heavy atom. The normalized spacial score (nSPS) is 30.5. The molecule has 2 aromatic rings. The fourth-order valence-electron chi connectivity index (χ4n) is 5.39. The molecule has 5 rings (SSSR count). The number of carbonyl (C=O) groups excluding carboxylic acids is 1. The molecule has 9 heteroatoms. The summed E-state index contributed by atoms with van der Waals surface area (Å²) in [7, 11) is 1.83. The number of aromatic nitrogens is 4. The van der Waals surface area contributed by atoms with Crippen molar-refractivity contribution in [3.8, 4) is 0 Å². The first kappa shape index (κ1) is 18.6. The van der Waals surface area contributed by atoms with Gasteiger partial charge in [-0.15, -0.1) is 0 Å². The zero-order valence-electron chi connectivity index (χ0n) is 16.9. The molecule has 4 heterocycles. The SMILES string of the molecule is CNc1nc(N2CCCC3(CCN([C@H]4CC[C@H](O)CC4)C3=O)C2)nc2[nH]cnc12. The number of anilines is 2. The van der Waals surface area contributed by atoms with Crippen molar-refractivity contribution in [2.24, 2.45) is 5.41 Å². The summed E-state index contributed by atoms with van der Waals surface area (Å²) in [4.78, 5) is 34.5. The van der Waals surface area contributed by atoms with E-state index in [1.165, 1.54) is 0 Å². The Morgan fingerprint density at radius 3 is 2.83 bits per heavy atom. The minimum absolute atomic E-state index is 0.195. The molecule has 0 aromatic carbocycles. The molecule has 1 aliphatic carbocycles. The van der Waals surface area contributed by atoms with E-state index >= 15 is 0 Å². The predicted octanol–water partition coefficient (Wildman–Crippen LogP) is 1.52. The lowest BCUT2D eigenvalue weighted by Crippen LogP contribution is -2.50. The van der Waals surface area contributed by atoms with Crippen molar-refractivity contribution >= 4 is 28.8 Å². The molecule has 2 aromatic heterocycles. The van der Waals surface area contributed by atoms with Gasteiger partial charge in [0.05, 0.1) is 17.8 Å². The maximum Gasteiger partial charge on any atom is 0.230 e. The molecule has 3 fully saturated rings. The Hall–Kier alpha value is -2.42. The molecule has 156 valence electrons. The Kier molecular flexibility index (Phi) is 4.57. The van der Waals surface area contributed by atoms with Crippen LogP contribution in [0.2, 0.25) is 0 Å². The highest BCUT2D eigenvalue weighted by molar-refractivity contribution is 5.87. The van der Waals surface area contributed by atoms with Gasteiger partial charge in [0.2, 0.25) is 11.9 Å². The van der Waals surface area contributed by atoms with Crippen LogP contribution in [0.25, 0.3) is 11.2 Å². The molecule has 1 saturated carbocycles. The summed E-state index contributed by atoms with van der Waals surface area (Å²) in [6, 6.07) is 0.286. The molecule has 1 amide bonds. The molecule has 9 nitrogen and oxygen atoms in total. The molecule has 2 saturated heterocycles. The number of piperidine rings is 1. The summed E-state index contributed by atoms with van der Waals surface area (Å²) < 4.78 is 0. The van der Waals surface area contributed by atoms with E-state index in [0.29, 0.717) is 29.9 Å². The zero-order valence-corrected chi connectivity index (χ0v) is 16.9. The van der Waals surface area contributed by atoms with E-state index in [-0.39, 0.29) is 17.6 Å². The number of amides is 1. The van der Waals surface area contributed by atoms with Gasteiger partial charge in [-0.05, 0) is 44.9 Å². The van der Waals surface area contributed by atoms with Gasteiger partial charge in [0.1, 0.15) is 5.52 Å². The number of carbonyl (C=O) groups is 1. The van der Waals surface area contributed by atoms with Crippen LogP contribution in [0.5, 0.6) is 0 Å². The van der Waals surface area contributed by atoms with Crippen LogP contribution in [-0.2, 0) is 4.79 Å². The molecule has 1 spiro atoms. The zero-order chi connectivity index (χ0) is 20.0. The number of likely N-dealkylation sites (tertiary alicyclic amines) is 1. The lowest BCUT2D eigenvalue weighted by Gasteiger charge is -2.40. The minimum atomic E-state index is -0.333. The van der Waals surface area contributed by atoms with Crippen LogP contribution in [0, 0.1) is 5.41 Å². The Labute approximate surface area is 169 Å². The second kappa shape index (κ2) is 7.12. The van der Waals surface area contributed by atoms with E-state index in [1.54, 1.807) is 6.33 Å². The third kappa shape index (κ3) is 3.11. The first-order valence-electron chi connectivity index (χ1n) is 10.7. The maximum absolute atomic E-state index is 13.5. The lowest BCUT2D eigenvalue weighted by molar-refractivity contribution is -0.139. The van der Waals surface area contributed by atoms with Gasteiger partial charge in [0, 0.05) is 32.7 Å². The average molecular weight is 399 g/mol. The van der Waals surface area contributed by atoms with Crippen molar-refractivity contribution in [2.75, 3.05) is 36.9 Å². The van der Waals surface area contributed by atoms with E-state index in [4.69, 9.17) is 0 Å². The largest absolute Gasteiger partial charge is 0.393 e. The summed E-state index contributed by atoms with van der Waals surface area (Å²) in [6.07, 6.45) is 7.65. The summed E-state index contributed by atoms with van der Waals surface area (Å²) in [5.41, 5.74) is 1.10. The second-order valence-electron chi connectivity index (χ2n) is 8.74. The van der Waals surface area contributed by atoms with Gasteiger partial charge >= 0.3 is 0 Å². The molecule has 1 unspecified atom stereocenters. The molecular weight excluding hydrogens is 370 g/mol. The highest BCUT2D eigenvalue weighted by atomic mass is 16.3. The monoisotopic (exact) mass is 399 g/mol. The Morgan fingerprint density at radius 2 is 2.03 bits per heavy atom. The van der Waals surface area contributed by atoms with Gasteiger partial charge < -0.3 is 25.2 Å². The van der Waals surface area contributed by atoms with Crippen molar-refractivity contribution in [2.45, 2.75) is 57.1 Å². The molecule has 0 radical (unpaired) electrons. The highest BCUT2D eigenvalue weighted by Crippen LogP contribution is 2.43. The van der Waals surface area contributed by atoms with Gasteiger partial charge in [-0.1, -0.05) is 0 Å². The smallest absolute Gasteiger partial charge is 0.230 e. The number of rotatable bonds is 3. The summed E-state index contributed by atoms with van der Waals surface area (Å²) in [6.45, 7) is 2.35. The highest BCUT2D eigenvalue weighted by Gasteiger charge is 2.51. The molecule has 1 atom stereocenters. The van der Waals surface area contributed by atoms with E-state index in [1.807, 2.05) is 7.05 Å². The van der Waals surface area contributed by atoms with Gasteiger partial charge in [0.25, 0.3) is 0 Å². The van der Waals surface area contributed by atoms with Crippen LogP contribution in [0.15, 0.2) is 6.33 Å². The fraction of sp³-hybridized carbons (Fsp3) is 0.700. The maximum atomic E-state index is 13.5. The van der Waals surface area contributed by atoms with Crippen LogP contribution < -0.4 is 10.2 Å². The summed E-state index contributed by atoms with van der Waals surface area (Å²) >= 11 is 0. The summed E-state index contributed by atoms with van der Waals surface area (Å²) in [5.74, 6) is 1.64. The number of aliphatic hydroxyl groups excluding tert-OH is 1. The van der Waals surface area contributed by atoms with Gasteiger partial charge in [-0.25, -0.2) is 4.98 Å². The molecule has 29 heavy (non-hydrogen) atoms. The van der Waals surface area contributed by atoms with Crippen molar-refractivity contribution in [1.82, 2.24) is 24.8 Å². The van der Waals surface area contributed by atoms with Crippen LogP contribution >= 0.6 is 0 Å². The van der Waals surface area contributed by atoms with Crippen molar-refractivity contribution in [3.63, 3.8) is 0 Å². The topological polar surface area (TPSA) is 110 Å². The van der Waals surface area contributed by atoms with E-state index in [2.05, 4.69) is 35.1 Å². The van der Waals surface area contributed by atoms with Crippen molar-refractivity contribution in [1.29, 1.82) is 0 Å². The first-order chi connectivity index (χ1) is 14.1. The molecule has 3 N–H and O–H groups in total. The fourth-order valence-corrected chi connectivity index (χ4v) is 5.39. The van der Waals surface area contributed by atoms with Crippen LogP contribution in [0.4, 0.5) is 11.8 Å². The minimum Gasteiger partial charge on any atom is -0.393 e.